The topological polar surface area (TPSA) is 40.6 Å². The minimum absolute atomic E-state index is 0.155. The second-order valence-corrected chi connectivity index (χ2v) is 7.00. The molecule has 4 nitrogen and oxygen atoms in total. The zero-order chi connectivity index (χ0) is 15.8. The molecule has 0 radical (unpaired) electrons. The van der Waals surface area contributed by atoms with Crippen molar-refractivity contribution in [3.8, 4) is 0 Å². The summed E-state index contributed by atoms with van der Waals surface area (Å²) in [5, 5.41) is 2.11. The van der Waals surface area contributed by atoms with E-state index in [1.165, 1.54) is 16.2 Å². The van der Waals surface area contributed by atoms with Gasteiger partial charge in [-0.15, -0.1) is 11.3 Å². The molecule has 4 rings (SSSR count). The van der Waals surface area contributed by atoms with Crippen LogP contribution < -0.4 is 0 Å². The van der Waals surface area contributed by atoms with Crippen molar-refractivity contribution in [3.05, 3.63) is 57.8 Å². The molecule has 0 spiro atoms. The molecule has 0 N–H and O–H groups in total. The van der Waals surface area contributed by atoms with Crippen LogP contribution in [-0.4, -0.2) is 41.2 Å². The Morgan fingerprint density at radius 2 is 1.74 bits per heavy atom. The largest absolute Gasteiger partial charge is 0.294 e. The SMILES string of the molecule is O=C1c2ccccc2C(=O)N1CCN1CCC[C@H]1c1cccs1. The molecule has 118 valence electrons. The molecule has 2 aromatic rings. The van der Waals surface area contributed by atoms with Crippen molar-refractivity contribution in [3.63, 3.8) is 0 Å². The van der Waals surface area contributed by atoms with Gasteiger partial charge in [-0.1, -0.05) is 18.2 Å². The molecule has 2 aliphatic heterocycles. The van der Waals surface area contributed by atoms with Crippen molar-refractivity contribution < 1.29 is 9.59 Å². The van der Waals surface area contributed by atoms with Crippen molar-refractivity contribution >= 4 is 23.2 Å². The number of carbonyl (C=O) groups excluding carboxylic acids is 2. The number of amides is 2. The quantitative estimate of drug-likeness (QED) is 0.810. The highest BCUT2D eigenvalue weighted by Crippen LogP contribution is 2.34. The molecule has 1 saturated heterocycles. The van der Waals surface area contributed by atoms with Gasteiger partial charge >= 0.3 is 0 Å². The van der Waals surface area contributed by atoms with E-state index in [0.29, 0.717) is 23.7 Å². The number of carbonyl (C=O) groups is 2. The van der Waals surface area contributed by atoms with E-state index < -0.39 is 0 Å². The van der Waals surface area contributed by atoms with E-state index in [9.17, 15) is 9.59 Å². The fraction of sp³-hybridized carbons (Fsp3) is 0.333. The molecule has 1 atom stereocenters. The van der Waals surface area contributed by atoms with Gasteiger partial charge in [0.2, 0.25) is 0 Å². The van der Waals surface area contributed by atoms with E-state index in [4.69, 9.17) is 0 Å². The van der Waals surface area contributed by atoms with Crippen LogP contribution in [0.4, 0.5) is 0 Å². The molecule has 0 aliphatic carbocycles. The van der Waals surface area contributed by atoms with Gasteiger partial charge in [0.15, 0.2) is 0 Å². The van der Waals surface area contributed by atoms with Crippen LogP contribution in [0.25, 0.3) is 0 Å². The average molecular weight is 326 g/mol. The molecule has 3 heterocycles. The molecule has 2 aliphatic rings. The number of imide groups is 1. The first kappa shape index (κ1) is 14.6. The summed E-state index contributed by atoms with van der Waals surface area (Å²) in [5.41, 5.74) is 1.07. The fourth-order valence-corrected chi connectivity index (χ4v) is 4.46. The average Bonchev–Trinajstić information content (AvgIpc) is 3.28. The molecular weight excluding hydrogens is 308 g/mol. The van der Waals surface area contributed by atoms with Gasteiger partial charge in [-0.05, 0) is 43.0 Å². The molecule has 5 heteroatoms. The van der Waals surface area contributed by atoms with Gasteiger partial charge in [-0.25, -0.2) is 0 Å². The maximum absolute atomic E-state index is 12.4. The van der Waals surface area contributed by atoms with Gasteiger partial charge in [-0.2, -0.15) is 0 Å². The highest BCUT2D eigenvalue weighted by atomic mass is 32.1. The van der Waals surface area contributed by atoms with Crippen LogP contribution in [0.3, 0.4) is 0 Å². The number of nitrogens with zero attached hydrogens (tertiary/aromatic N) is 2. The number of thiophene rings is 1. The highest BCUT2D eigenvalue weighted by Gasteiger charge is 2.36. The molecule has 0 saturated carbocycles. The Morgan fingerprint density at radius 1 is 1.00 bits per heavy atom. The lowest BCUT2D eigenvalue weighted by Crippen LogP contribution is -2.38. The Labute approximate surface area is 139 Å². The number of likely N-dealkylation sites (tertiary alicyclic amines) is 1. The molecule has 0 bridgehead atoms. The predicted octanol–water partition coefficient (Wildman–Crippen LogP) is 3.18. The van der Waals surface area contributed by atoms with Crippen LogP contribution in [0.2, 0.25) is 0 Å². The Kier molecular flexibility index (Phi) is 3.75. The molecular formula is C18H18N2O2S. The van der Waals surface area contributed by atoms with Crippen LogP contribution in [0.5, 0.6) is 0 Å². The van der Waals surface area contributed by atoms with Crippen LogP contribution in [0, 0.1) is 0 Å². The zero-order valence-electron chi connectivity index (χ0n) is 12.8. The van der Waals surface area contributed by atoms with Crippen LogP contribution in [0.1, 0.15) is 44.5 Å². The van der Waals surface area contributed by atoms with Crippen molar-refractivity contribution in [1.29, 1.82) is 0 Å². The van der Waals surface area contributed by atoms with Gasteiger partial charge in [-0.3, -0.25) is 19.4 Å². The van der Waals surface area contributed by atoms with Crippen LogP contribution >= 0.6 is 11.3 Å². The molecule has 1 aromatic carbocycles. The third kappa shape index (κ3) is 2.50. The minimum atomic E-state index is -0.155. The van der Waals surface area contributed by atoms with E-state index in [-0.39, 0.29) is 11.8 Å². The third-order valence-corrected chi connectivity index (χ3v) is 5.70. The van der Waals surface area contributed by atoms with Gasteiger partial charge in [0.1, 0.15) is 0 Å². The van der Waals surface area contributed by atoms with Gasteiger partial charge in [0, 0.05) is 24.0 Å². The lowest BCUT2D eigenvalue weighted by molar-refractivity contribution is 0.0633. The summed E-state index contributed by atoms with van der Waals surface area (Å²) in [6, 6.07) is 11.8. The summed E-state index contributed by atoms with van der Waals surface area (Å²) in [6.07, 6.45) is 2.33. The number of fused-ring (bicyclic) bond motifs is 1. The van der Waals surface area contributed by atoms with E-state index >= 15 is 0 Å². The van der Waals surface area contributed by atoms with Gasteiger partial charge in [0.05, 0.1) is 11.1 Å². The normalized spacial score (nSPS) is 21.2. The summed E-state index contributed by atoms with van der Waals surface area (Å²) in [6.45, 7) is 2.24. The van der Waals surface area contributed by atoms with Crippen molar-refractivity contribution in [2.75, 3.05) is 19.6 Å². The van der Waals surface area contributed by atoms with Crippen molar-refractivity contribution in [1.82, 2.24) is 9.80 Å². The van der Waals surface area contributed by atoms with Crippen LogP contribution in [0.15, 0.2) is 41.8 Å². The molecule has 23 heavy (non-hydrogen) atoms. The zero-order valence-corrected chi connectivity index (χ0v) is 13.6. The monoisotopic (exact) mass is 326 g/mol. The number of hydrogen-bond acceptors (Lipinski definition) is 4. The van der Waals surface area contributed by atoms with Crippen molar-refractivity contribution in [2.24, 2.45) is 0 Å². The summed E-state index contributed by atoms with van der Waals surface area (Å²) < 4.78 is 0. The smallest absolute Gasteiger partial charge is 0.261 e. The Morgan fingerprint density at radius 3 is 2.39 bits per heavy atom. The molecule has 0 unspecified atom stereocenters. The number of rotatable bonds is 4. The van der Waals surface area contributed by atoms with E-state index in [1.54, 1.807) is 35.6 Å². The summed E-state index contributed by atoms with van der Waals surface area (Å²) in [5.74, 6) is -0.310. The second-order valence-electron chi connectivity index (χ2n) is 6.02. The maximum atomic E-state index is 12.4. The third-order valence-electron chi connectivity index (χ3n) is 4.72. The first-order valence-electron chi connectivity index (χ1n) is 7.98. The summed E-state index contributed by atoms with van der Waals surface area (Å²) in [4.78, 5) is 30.0. The highest BCUT2D eigenvalue weighted by molar-refractivity contribution is 7.10. The standard InChI is InChI=1S/C18H18N2O2S/c21-17-13-5-1-2-6-14(13)18(22)20(17)11-10-19-9-3-7-15(19)16-8-4-12-23-16/h1-2,4-6,8,12,15H,3,7,9-11H2/t15-/m0/s1. The predicted molar refractivity (Wildman–Crippen MR) is 89.7 cm³/mol. The first-order valence-corrected chi connectivity index (χ1v) is 8.86. The maximum Gasteiger partial charge on any atom is 0.261 e. The Hall–Kier alpha value is -1.98. The Balaban J connectivity index is 1.46. The lowest BCUT2D eigenvalue weighted by Gasteiger charge is -2.25. The van der Waals surface area contributed by atoms with Crippen LogP contribution in [-0.2, 0) is 0 Å². The van der Waals surface area contributed by atoms with E-state index in [1.807, 2.05) is 0 Å². The number of hydrogen-bond donors (Lipinski definition) is 0. The summed E-state index contributed by atoms with van der Waals surface area (Å²) in [7, 11) is 0. The van der Waals surface area contributed by atoms with E-state index in [2.05, 4.69) is 22.4 Å². The summed E-state index contributed by atoms with van der Waals surface area (Å²) >= 11 is 1.78. The lowest BCUT2D eigenvalue weighted by atomic mass is 10.1. The number of benzene rings is 1. The Bertz CT molecular complexity index is 706. The molecule has 2 amide bonds. The first-order chi connectivity index (χ1) is 11.3. The van der Waals surface area contributed by atoms with E-state index in [0.717, 1.165) is 19.5 Å². The molecule has 1 aromatic heterocycles. The van der Waals surface area contributed by atoms with Crippen molar-refractivity contribution in [2.45, 2.75) is 18.9 Å². The van der Waals surface area contributed by atoms with Gasteiger partial charge in [0.25, 0.3) is 11.8 Å². The molecule has 1 fully saturated rings. The van der Waals surface area contributed by atoms with Gasteiger partial charge < -0.3 is 0 Å². The minimum Gasteiger partial charge on any atom is -0.294 e. The fourth-order valence-electron chi connectivity index (χ4n) is 3.57. The second kappa shape index (κ2) is 5.91.